The number of anilines is 2. The van der Waals surface area contributed by atoms with Crippen molar-refractivity contribution in [1.82, 2.24) is 10.6 Å². The van der Waals surface area contributed by atoms with Gasteiger partial charge in [-0.05, 0) is 35.4 Å². The van der Waals surface area contributed by atoms with Crippen molar-refractivity contribution < 1.29 is 10.2 Å². The van der Waals surface area contributed by atoms with E-state index in [0.29, 0.717) is 54.5 Å². The summed E-state index contributed by atoms with van der Waals surface area (Å²) < 4.78 is 0. The van der Waals surface area contributed by atoms with E-state index in [1.165, 1.54) is 0 Å². The molecule has 172 valence electrons. The van der Waals surface area contributed by atoms with Gasteiger partial charge in [-0.2, -0.15) is 0 Å². The highest BCUT2D eigenvalue weighted by molar-refractivity contribution is 6.40. The van der Waals surface area contributed by atoms with Gasteiger partial charge in [-0.3, -0.25) is 9.98 Å². The standard InChI is InChI=1S/2C10H11Cl2N3O/c2*11-7-3-6(5-16)4-8(12)9(7)15-10-13-1-2-14-10/h2*3-4,16H,1-2,5H2,(H2,13,14,15). The number of hydrogen-bond donors (Lipinski definition) is 6. The van der Waals surface area contributed by atoms with Gasteiger partial charge in [-0.1, -0.05) is 46.4 Å². The van der Waals surface area contributed by atoms with Gasteiger partial charge in [0.25, 0.3) is 0 Å². The van der Waals surface area contributed by atoms with Crippen molar-refractivity contribution in [1.29, 1.82) is 0 Å². The molecule has 32 heavy (non-hydrogen) atoms. The van der Waals surface area contributed by atoms with Crippen LogP contribution in [-0.2, 0) is 13.2 Å². The van der Waals surface area contributed by atoms with Crippen LogP contribution < -0.4 is 21.3 Å². The molecule has 12 heteroatoms. The molecule has 6 N–H and O–H groups in total. The zero-order valence-electron chi connectivity index (χ0n) is 16.9. The molecular formula is C20H22Cl4N6O2. The van der Waals surface area contributed by atoms with E-state index in [1.54, 1.807) is 24.3 Å². The van der Waals surface area contributed by atoms with Crippen molar-refractivity contribution in [3.63, 3.8) is 0 Å². The lowest BCUT2D eigenvalue weighted by Gasteiger charge is -2.11. The average molecular weight is 520 g/mol. The minimum Gasteiger partial charge on any atom is -0.392 e. The number of aliphatic hydroxyl groups is 2. The van der Waals surface area contributed by atoms with E-state index in [0.717, 1.165) is 26.2 Å². The predicted molar refractivity (Wildman–Crippen MR) is 133 cm³/mol. The monoisotopic (exact) mass is 518 g/mol. The molecule has 2 aromatic rings. The first kappa shape index (κ1) is 24.7. The van der Waals surface area contributed by atoms with Gasteiger partial charge in [-0.25, -0.2) is 0 Å². The summed E-state index contributed by atoms with van der Waals surface area (Å²) in [4.78, 5) is 8.37. The molecule has 0 bridgehead atoms. The largest absolute Gasteiger partial charge is 0.392 e. The Hall–Kier alpha value is -1.94. The second-order valence-electron chi connectivity index (χ2n) is 6.75. The summed E-state index contributed by atoms with van der Waals surface area (Å²) in [7, 11) is 0. The van der Waals surface area contributed by atoms with Gasteiger partial charge < -0.3 is 31.5 Å². The molecule has 0 amide bonds. The Kier molecular flexibility index (Phi) is 9.10. The zero-order chi connectivity index (χ0) is 23.1. The highest BCUT2D eigenvalue weighted by Gasteiger charge is 2.13. The first-order chi connectivity index (χ1) is 15.4. The van der Waals surface area contributed by atoms with E-state index in [2.05, 4.69) is 31.3 Å². The first-order valence-corrected chi connectivity index (χ1v) is 11.2. The predicted octanol–water partition coefficient (Wildman–Crippen LogP) is 3.71. The number of guanidine groups is 2. The topological polar surface area (TPSA) is 113 Å². The van der Waals surface area contributed by atoms with Gasteiger partial charge >= 0.3 is 0 Å². The van der Waals surface area contributed by atoms with Crippen LogP contribution in [0.4, 0.5) is 11.4 Å². The number of hydrogen-bond acceptors (Lipinski definition) is 8. The van der Waals surface area contributed by atoms with Crippen molar-refractivity contribution in [2.24, 2.45) is 9.98 Å². The Morgan fingerprint density at radius 2 is 1.03 bits per heavy atom. The van der Waals surface area contributed by atoms with Crippen LogP contribution in [0, 0.1) is 0 Å². The van der Waals surface area contributed by atoms with Crippen molar-refractivity contribution in [3.8, 4) is 0 Å². The number of aliphatic hydroxyl groups excluding tert-OH is 2. The van der Waals surface area contributed by atoms with Gasteiger partial charge in [0, 0.05) is 13.1 Å². The Bertz CT molecular complexity index is 904. The fourth-order valence-electron chi connectivity index (χ4n) is 2.87. The lowest BCUT2D eigenvalue weighted by Crippen LogP contribution is -2.26. The number of nitrogens with one attached hydrogen (secondary N) is 4. The third-order valence-electron chi connectivity index (χ3n) is 4.40. The van der Waals surface area contributed by atoms with Crippen molar-refractivity contribution in [2.75, 3.05) is 36.8 Å². The van der Waals surface area contributed by atoms with Crippen LogP contribution >= 0.6 is 46.4 Å². The molecule has 0 saturated heterocycles. The molecule has 0 aliphatic carbocycles. The maximum absolute atomic E-state index is 8.99. The molecule has 8 nitrogen and oxygen atoms in total. The molecule has 0 spiro atoms. The second kappa shape index (κ2) is 11.8. The molecule has 2 aliphatic heterocycles. The van der Waals surface area contributed by atoms with E-state index in [-0.39, 0.29) is 13.2 Å². The molecular weight excluding hydrogens is 498 g/mol. The van der Waals surface area contributed by atoms with E-state index in [4.69, 9.17) is 56.6 Å². The van der Waals surface area contributed by atoms with Gasteiger partial charge in [0.05, 0.1) is 57.8 Å². The van der Waals surface area contributed by atoms with E-state index in [9.17, 15) is 0 Å². The Morgan fingerprint density at radius 3 is 1.28 bits per heavy atom. The lowest BCUT2D eigenvalue weighted by atomic mass is 10.2. The van der Waals surface area contributed by atoms with Crippen molar-refractivity contribution in [3.05, 3.63) is 55.5 Å². The quantitative estimate of drug-likeness (QED) is 0.367. The fraction of sp³-hybridized carbons (Fsp3) is 0.300. The van der Waals surface area contributed by atoms with Crippen LogP contribution in [0.25, 0.3) is 0 Å². The minimum absolute atomic E-state index is 0.0844. The average Bonchev–Trinajstić information content (AvgIpc) is 3.47. The van der Waals surface area contributed by atoms with Crippen LogP contribution in [-0.4, -0.2) is 48.3 Å². The van der Waals surface area contributed by atoms with Crippen molar-refractivity contribution in [2.45, 2.75) is 13.2 Å². The number of aliphatic imine (C=N–C) groups is 2. The number of halogens is 4. The van der Waals surface area contributed by atoms with Gasteiger partial charge in [0.15, 0.2) is 11.9 Å². The summed E-state index contributed by atoms with van der Waals surface area (Å²) >= 11 is 24.2. The number of rotatable bonds is 4. The Labute approximate surface area is 205 Å². The van der Waals surface area contributed by atoms with Gasteiger partial charge in [0.2, 0.25) is 0 Å². The molecule has 2 aromatic carbocycles. The molecule has 2 aliphatic rings. The van der Waals surface area contributed by atoms with Crippen LogP contribution in [0.1, 0.15) is 11.1 Å². The number of benzene rings is 2. The third-order valence-corrected chi connectivity index (χ3v) is 5.60. The molecule has 0 atom stereocenters. The highest BCUT2D eigenvalue weighted by atomic mass is 35.5. The molecule has 2 heterocycles. The third kappa shape index (κ3) is 6.54. The van der Waals surface area contributed by atoms with Crippen molar-refractivity contribution >= 4 is 69.7 Å². The zero-order valence-corrected chi connectivity index (χ0v) is 19.9. The van der Waals surface area contributed by atoms with E-state index >= 15 is 0 Å². The fourth-order valence-corrected chi connectivity index (χ4v) is 4.13. The summed E-state index contributed by atoms with van der Waals surface area (Å²) in [6, 6.07) is 6.69. The van der Waals surface area contributed by atoms with Crippen LogP contribution in [0.15, 0.2) is 34.3 Å². The summed E-state index contributed by atoms with van der Waals surface area (Å²) in [5.41, 5.74) is 2.58. The van der Waals surface area contributed by atoms with E-state index in [1.807, 2.05) is 0 Å². The second-order valence-corrected chi connectivity index (χ2v) is 8.38. The van der Waals surface area contributed by atoms with Crippen LogP contribution in [0.5, 0.6) is 0 Å². The number of nitrogens with zero attached hydrogens (tertiary/aromatic N) is 2. The lowest BCUT2D eigenvalue weighted by molar-refractivity contribution is 0.281. The summed E-state index contributed by atoms with van der Waals surface area (Å²) in [6.07, 6.45) is 0. The summed E-state index contributed by atoms with van der Waals surface area (Å²) in [5.74, 6) is 1.33. The highest BCUT2D eigenvalue weighted by Crippen LogP contribution is 2.33. The molecule has 0 unspecified atom stereocenters. The SMILES string of the molecule is OCc1cc(Cl)c(NC2=NCCN2)c(Cl)c1.OCc1cc(Cl)c(NC2=NCCN2)c(Cl)c1. The van der Waals surface area contributed by atoms with Gasteiger partial charge in [0.1, 0.15) is 0 Å². The smallest absolute Gasteiger partial charge is 0.196 e. The molecule has 4 rings (SSSR count). The Balaban J connectivity index is 0.000000181. The molecule has 0 fully saturated rings. The minimum atomic E-state index is -0.0844. The van der Waals surface area contributed by atoms with Gasteiger partial charge in [-0.15, -0.1) is 0 Å². The molecule has 0 saturated carbocycles. The maximum Gasteiger partial charge on any atom is 0.196 e. The summed E-state index contributed by atoms with van der Waals surface area (Å²) in [6.45, 7) is 2.94. The van der Waals surface area contributed by atoms with Crippen LogP contribution in [0.3, 0.4) is 0 Å². The Morgan fingerprint density at radius 1 is 0.688 bits per heavy atom. The summed E-state index contributed by atoms with van der Waals surface area (Å²) in [5, 5.41) is 32.0. The molecule has 0 radical (unpaired) electrons. The first-order valence-electron chi connectivity index (χ1n) is 9.69. The van der Waals surface area contributed by atoms with E-state index < -0.39 is 0 Å². The maximum atomic E-state index is 8.99. The normalized spacial score (nSPS) is 14.6. The van der Waals surface area contributed by atoms with Crippen LogP contribution in [0.2, 0.25) is 20.1 Å². The molecule has 0 aromatic heterocycles.